The highest BCUT2D eigenvalue weighted by atomic mass is 16.6. The zero-order valence-electron chi connectivity index (χ0n) is 15.4. The van der Waals surface area contributed by atoms with Gasteiger partial charge in [0.2, 0.25) is 0 Å². The lowest BCUT2D eigenvalue weighted by molar-refractivity contribution is -0.385. The van der Waals surface area contributed by atoms with Gasteiger partial charge in [-0.25, -0.2) is 9.48 Å². The lowest BCUT2D eigenvalue weighted by atomic mass is 10.2. The summed E-state index contributed by atoms with van der Waals surface area (Å²) < 4.78 is 6.41. The Morgan fingerprint density at radius 2 is 1.97 bits per heavy atom. The van der Waals surface area contributed by atoms with Crippen molar-refractivity contribution in [2.24, 2.45) is 0 Å². The fraction of sp³-hybridized carbons (Fsp3) is 0.158. The van der Waals surface area contributed by atoms with Crippen LogP contribution in [0.2, 0.25) is 0 Å². The molecule has 0 unspecified atom stereocenters. The number of esters is 1. The van der Waals surface area contributed by atoms with Gasteiger partial charge < -0.3 is 10.1 Å². The first-order chi connectivity index (χ1) is 13.9. The van der Waals surface area contributed by atoms with Crippen LogP contribution in [0.1, 0.15) is 21.6 Å². The lowest BCUT2D eigenvalue weighted by Gasteiger charge is -2.06. The third kappa shape index (κ3) is 5.22. The molecule has 0 aliphatic heterocycles. The third-order valence-corrected chi connectivity index (χ3v) is 3.96. The zero-order chi connectivity index (χ0) is 20.8. The first-order valence-corrected chi connectivity index (χ1v) is 8.58. The number of amides is 1. The fourth-order valence-electron chi connectivity index (χ4n) is 2.53. The zero-order valence-corrected chi connectivity index (χ0v) is 15.4. The van der Waals surface area contributed by atoms with E-state index in [9.17, 15) is 19.7 Å². The second-order valence-electron chi connectivity index (χ2n) is 6.17. The number of anilines is 1. The topological polar surface area (TPSA) is 129 Å². The number of nitro benzene ring substituents is 1. The molecule has 1 N–H and O–H groups in total. The number of carbonyl (C=O) groups is 2. The summed E-state index contributed by atoms with van der Waals surface area (Å²) in [5.74, 6) is -1.43. The average Bonchev–Trinajstić information content (AvgIpc) is 3.17. The van der Waals surface area contributed by atoms with Gasteiger partial charge in [0.1, 0.15) is 0 Å². The molecule has 0 bridgehead atoms. The average molecular weight is 395 g/mol. The van der Waals surface area contributed by atoms with Crippen molar-refractivity contribution in [3.63, 3.8) is 0 Å². The Labute approximate surface area is 165 Å². The van der Waals surface area contributed by atoms with Gasteiger partial charge in [-0.05, 0) is 18.6 Å². The van der Waals surface area contributed by atoms with Crippen molar-refractivity contribution in [1.82, 2.24) is 15.0 Å². The Hall–Kier alpha value is -4.08. The quantitative estimate of drug-likeness (QED) is 0.369. The summed E-state index contributed by atoms with van der Waals surface area (Å²) in [6.07, 6.45) is 1.43. The van der Waals surface area contributed by atoms with Crippen LogP contribution in [-0.2, 0) is 16.1 Å². The molecule has 0 saturated carbocycles. The highest BCUT2D eigenvalue weighted by molar-refractivity contribution is 5.95. The number of benzene rings is 2. The van der Waals surface area contributed by atoms with Crippen LogP contribution in [0, 0.1) is 17.0 Å². The molecule has 1 heterocycles. The van der Waals surface area contributed by atoms with E-state index in [0.29, 0.717) is 12.1 Å². The molecule has 0 fully saturated rings. The minimum absolute atomic E-state index is 0.0281. The molecule has 1 aromatic heterocycles. The molecule has 29 heavy (non-hydrogen) atoms. The summed E-state index contributed by atoms with van der Waals surface area (Å²) in [5, 5.41) is 21.0. The number of hydrogen-bond acceptors (Lipinski definition) is 7. The van der Waals surface area contributed by atoms with Crippen LogP contribution in [0.4, 0.5) is 11.4 Å². The Balaban J connectivity index is 1.53. The van der Waals surface area contributed by atoms with Crippen LogP contribution in [0.5, 0.6) is 0 Å². The maximum atomic E-state index is 12.0. The van der Waals surface area contributed by atoms with E-state index < -0.39 is 23.4 Å². The van der Waals surface area contributed by atoms with E-state index in [2.05, 4.69) is 15.6 Å². The number of ether oxygens (including phenoxy) is 1. The molecule has 3 aromatic rings. The molecular weight excluding hydrogens is 378 g/mol. The van der Waals surface area contributed by atoms with Gasteiger partial charge in [0.25, 0.3) is 11.6 Å². The van der Waals surface area contributed by atoms with E-state index in [0.717, 1.165) is 5.56 Å². The second-order valence-corrected chi connectivity index (χ2v) is 6.17. The Bertz CT molecular complexity index is 1050. The molecule has 3 rings (SSSR count). The predicted molar refractivity (Wildman–Crippen MR) is 102 cm³/mol. The highest BCUT2D eigenvalue weighted by Crippen LogP contribution is 2.22. The molecule has 148 valence electrons. The maximum absolute atomic E-state index is 12.0. The Morgan fingerprint density at radius 1 is 1.21 bits per heavy atom. The molecule has 10 heteroatoms. The summed E-state index contributed by atoms with van der Waals surface area (Å²) in [5.41, 5.74) is 1.55. The summed E-state index contributed by atoms with van der Waals surface area (Å²) in [7, 11) is 0. The van der Waals surface area contributed by atoms with Gasteiger partial charge in [-0.3, -0.25) is 14.9 Å². The number of nitrogens with one attached hydrogen (secondary N) is 1. The van der Waals surface area contributed by atoms with Crippen molar-refractivity contribution in [3.8, 4) is 0 Å². The fourth-order valence-corrected chi connectivity index (χ4v) is 2.53. The third-order valence-electron chi connectivity index (χ3n) is 3.96. The first-order valence-electron chi connectivity index (χ1n) is 8.58. The summed E-state index contributed by atoms with van der Waals surface area (Å²) in [6.45, 7) is 1.47. The van der Waals surface area contributed by atoms with Gasteiger partial charge in [0, 0.05) is 17.3 Å². The van der Waals surface area contributed by atoms with E-state index in [1.807, 2.05) is 30.3 Å². The number of nitrogens with zero attached hydrogens (tertiary/aromatic N) is 4. The van der Waals surface area contributed by atoms with E-state index in [-0.39, 0.29) is 17.1 Å². The molecule has 10 nitrogen and oxygen atoms in total. The number of aromatic nitrogens is 3. The lowest BCUT2D eigenvalue weighted by Crippen LogP contribution is -2.21. The van der Waals surface area contributed by atoms with E-state index in [1.165, 1.54) is 29.1 Å². The smallest absolute Gasteiger partial charge is 0.361 e. The summed E-state index contributed by atoms with van der Waals surface area (Å²) >= 11 is 0. The number of nitro groups is 1. The van der Waals surface area contributed by atoms with Crippen molar-refractivity contribution in [2.75, 3.05) is 11.9 Å². The Morgan fingerprint density at radius 3 is 2.69 bits per heavy atom. The molecule has 0 saturated heterocycles. The van der Waals surface area contributed by atoms with Crippen LogP contribution in [0.3, 0.4) is 0 Å². The SMILES string of the molecule is Cc1ccc(NC(=O)COC(=O)c2cn(Cc3ccccc3)nn2)cc1[N+](=O)[O-]. The van der Waals surface area contributed by atoms with E-state index in [1.54, 1.807) is 6.92 Å². The number of rotatable bonds is 7. The van der Waals surface area contributed by atoms with E-state index >= 15 is 0 Å². The molecule has 0 aliphatic rings. The minimum Gasteiger partial charge on any atom is -0.451 e. The number of aryl methyl sites for hydroxylation is 1. The van der Waals surface area contributed by atoms with Crippen molar-refractivity contribution in [2.45, 2.75) is 13.5 Å². The highest BCUT2D eigenvalue weighted by Gasteiger charge is 2.16. The minimum atomic E-state index is -0.797. The molecular formula is C19H17N5O5. The Kier molecular flexibility index (Phi) is 5.93. The number of carbonyl (C=O) groups excluding carboxylic acids is 2. The van der Waals surface area contributed by atoms with Crippen molar-refractivity contribution in [1.29, 1.82) is 0 Å². The van der Waals surface area contributed by atoms with Gasteiger partial charge in [-0.2, -0.15) is 0 Å². The van der Waals surface area contributed by atoms with Crippen LogP contribution < -0.4 is 5.32 Å². The molecule has 0 radical (unpaired) electrons. The second kappa shape index (κ2) is 8.74. The molecule has 0 atom stereocenters. The van der Waals surface area contributed by atoms with Crippen molar-refractivity contribution < 1.29 is 19.2 Å². The van der Waals surface area contributed by atoms with Crippen molar-refractivity contribution >= 4 is 23.3 Å². The molecule has 0 spiro atoms. The monoisotopic (exact) mass is 395 g/mol. The van der Waals surface area contributed by atoms with Gasteiger partial charge in [0.15, 0.2) is 12.3 Å². The van der Waals surface area contributed by atoms with Gasteiger partial charge in [-0.15, -0.1) is 5.10 Å². The number of hydrogen-bond donors (Lipinski definition) is 1. The van der Waals surface area contributed by atoms with E-state index in [4.69, 9.17) is 4.74 Å². The van der Waals surface area contributed by atoms with Crippen LogP contribution in [0.25, 0.3) is 0 Å². The maximum Gasteiger partial charge on any atom is 0.361 e. The van der Waals surface area contributed by atoms with Crippen molar-refractivity contribution in [3.05, 3.63) is 81.7 Å². The predicted octanol–water partition coefficient (Wildman–Crippen LogP) is 2.34. The van der Waals surface area contributed by atoms with Gasteiger partial charge >= 0.3 is 5.97 Å². The standard InChI is InChI=1S/C19H17N5O5/c1-13-7-8-15(9-17(13)24(27)28)20-18(25)12-29-19(26)16-11-23(22-21-16)10-14-5-3-2-4-6-14/h2-9,11H,10,12H2,1H3,(H,20,25). The molecule has 1 amide bonds. The van der Waals surface area contributed by atoms with Gasteiger partial charge in [0.05, 0.1) is 17.7 Å². The molecule has 2 aromatic carbocycles. The molecule has 0 aliphatic carbocycles. The van der Waals surface area contributed by atoms with Crippen LogP contribution >= 0.6 is 0 Å². The first kappa shape index (κ1) is 19.7. The summed E-state index contributed by atoms with van der Waals surface area (Å²) in [4.78, 5) is 34.4. The normalized spacial score (nSPS) is 10.4. The summed E-state index contributed by atoms with van der Waals surface area (Å²) in [6, 6.07) is 13.8. The van der Waals surface area contributed by atoms with Crippen LogP contribution in [-0.4, -0.2) is 38.4 Å². The largest absolute Gasteiger partial charge is 0.451 e. The van der Waals surface area contributed by atoms with Gasteiger partial charge in [-0.1, -0.05) is 41.6 Å². The van der Waals surface area contributed by atoms with Crippen LogP contribution in [0.15, 0.2) is 54.7 Å².